The van der Waals surface area contributed by atoms with E-state index in [2.05, 4.69) is 27.7 Å². The van der Waals surface area contributed by atoms with E-state index >= 15 is 0 Å². The highest BCUT2D eigenvalue weighted by Crippen LogP contribution is 2.19. The molecule has 1 aromatic carbocycles. The van der Waals surface area contributed by atoms with E-state index in [1.807, 2.05) is 12.1 Å². The van der Waals surface area contributed by atoms with Crippen LogP contribution in [0.2, 0.25) is 0 Å². The summed E-state index contributed by atoms with van der Waals surface area (Å²) in [5, 5.41) is 6.25. The van der Waals surface area contributed by atoms with Gasteiger partial charge in [-0.15, -0.1) is 24.8 Å². The lowest BCUT2D eigenvalue weighted by Gasteiger charge is -2.32. The van der Waals surface area contributed by atoms with Crippen LogP contribution in [0, 0.1) is 5.92 Å². The molecule has 0 radical (unpaired) electrons. The molecule has 1 amide bonds. The maximum Gasteiger partial charge on any atom is 0.250 e. The van der Waals surface area contributed by atoms with Crippen molar-refractivity contribution in [2.24, 2.45) is 5.92 Å². The standard InChI is InChI=1S/C19H29N3O3.2ClH/c1-24-17-4-2-16(3-5-17)14-22-9-6-15(7-10-22)12-21-19(23)18-13-20-8-11-25-18;;/h2-5,15,18,20H,6-14H2,1H3,(H,21,23);2*1H/t18-;;/m1../s1. The monoisotopic (exact) mass is 419 g/mol. The van der Waals surface area contributed by atoms with E-state index in [-0.39, 0.29) is 36.8 Å². The molecule has 1 atom stereocenters. The third-order valence-electron chi connectivity index (χ3n) is 5.06. The molecule has 2 saturated heterocycles. The average Bonchev–Trinajstić information content (AvgIpc) is 2.68. The zero-order valence-electron chi connectivity index (χ0n) is 15.8. The van der Waals surface area contributed by atoms with Gasteiger partial charge in [0.25, 0.3) is 0 Å². The van der Waals surface area contributed by atoms with E-state index in [0.717, 1.165) is 51.3 Å². The van der Waals surface area contributed by atoms with Crippen LogP contribution in [0.5, 0.6) is 5.75 Å². The number of rotatable bonds is 6. The zero-order chi connectivity index (χ0) is 17.5. The number of ether oxygens (including phenoxy) is 2. The van der Waals surface area contributed by atoms with E-state index in [1.165, 1.54) is 5.56 Å². The summed E-state index contributed by atoms with van der Waals surface area (Å²) in [4.78, 5) is 14.6. The molecule has 2 aliphatic heterocycles. The average molecular weight is 420 g/mol. The molecule has 27 heavy (non-hydrogen) atoms. The van der Waals surface area contributed by atoms with Crippen LogP contribution in [0.25, 0.3) is 0 Å². The van der Waals surface area contributed by atoms with Crippen LogP contribution in [-0.4, -0.2) is 63.4 Å². The number of methoxy groups -OCH3 is 1. The Kier molecular flexibility index (Phi) is 11.0. The van der Waals surface area contributed by atoms with Crippen LogP contribution >= 0.6 is 24.8 Å². The molecule has 0 saturated carbocycles. The molecule has 2 heterocycles. The van der Waals surface area contributed by atoms with Crippen LogP contribution < -0.4 is 15.4 Å². The Morgan fingerprint density at radius 3 is 2.56 bits per heavy atom. The van der Waals surface area contributed by atoms with E-state index in [1.54, 1.807) is 7.11 Å². The zero-order valence-corrected chi connectivity index (χ0v) is 17.4. The minimum atomic E-state index is -0.330. The highest BCUT2D eigenvalue weighted by atomic mass is 35.5. The Labute approximate surface area is 174 Å². The number of nitrogens with zero attached hydrogens (tertiary/aromatic N) is 1. The number of benzene rings is 1. The Morgan fingerprint density at radius 2 is 1.96 bits per heavy atom. The lowest BCUT2D eigenvalue weighted by atomic mass is 9.96. The van der Waals surface area contributed by atoms with Crippen molar-refractivity contribution >= 4 is 30.7 Å². The third-order valence-corrected chi connectivity index (χ3v) is 5.06. The maximum absolute atomic E-state index is 12.1. The number of likely N-dealkylation sites (tertiary alicyclic amines) is 1. The number of halogens is 2. The highest BCUT2D eigenvalue weighted by Gasteiger charge is 2.24. The second kappa shape index (κ2) is 12.4. The fourth-order valence-electron chi connectivity index (χ4n) is 3.43. The van der Waals surface area contributed by atoms with Crippen molar-refractivity contribution in [2.75, 3.05) is 46.4 Å². The van der Waals surface area contributed by atoms with Crippen molar-refractivity contribution in [1.82, 2.24) is 15.5 Å². The summed E-state index contributed by atoms with van der Waals surface area (Å²) in [6.07, 6.45) is 1.92. The predicted octanol–water partition coefficient (Wildman–Crippen LogP) is 1.86. The van der Waals surface area contributed by atoms with Gasteiger partial charge in [-0.2, -0.15) is 0 Å². The minimum Gasteiger partial charge on any atom is -0.497 e. The number of piperidine rings is 1. The number of hydrogen-bond acceptors (Lipinski definition) is 5. The van der Waals surface area contributed by atoms with Gasteiger partial charge in [0.15, 0.2) is 0 Å². The number of nitrogens with one attached hydrogen (secondary N) is 2. The molecule has 0 spiro atoms. The molecule has 0 aromatic heterocycles. The maximum atomic E-state index is 12.1. The number of amides is 1. The highest BCUT2D eigenvalue weighted by molar-refractivity contribution is 5.85. The summed E-state index contributed by atoms with van der Waals surface area (Å²) in [6, 6.07) is 8.28. The predicted molar refractivity (Wildman–Crippen MR) is 111 cm³/mol. The molecule has 0 bridgehead atoms. The van der Waals surface area contributed by atoms with Crippen molar-refractivity contribution in [2.45, 2.75) is 25.5 Å². The van der Waals surface area contributed by atoms with Crippen molar-refractivity contribution in [3.8, 4) is 5.75 Å². The van der Waals surface area contributed by atoms with Crippen molar-refractivity contribution in [1.29, 1.82) is 0 Å². The van der Waals surface area contributed by atoms with Crippen molar-refractivity contribution < 1.29 is 14.3 Å². The summed E-state index contributed by atoms with van der Waals surface area (Å²) in [5.74, 6) is 1.48. The van der Waals surface area contributed by atoms with Crippen LogP contribution in [0.15, 0.2) is 24.3 Å². The molecular formula is C19H31Cl2N3O3. The Morgan fingerprint density at radius 1 is 1.26 bits per heavy atom. The van der Waals surface area contributed by atoms with E-state index in [9.17, 15) is 4.79 Å². The second-order valence-corrected chi connectivity index (χ2v) is 6.88. The lowest BCUT2D eigenvalue weighted by molar-refractivity contribution is -0.134. The minimum absolute atomic E-state index is 0. The summed E-state index contributed by atoms with van der Waals surface area (Å²) < 4.78 is 10.7. The van der Waals surface area contributed by atoms with E-state index in [4.69, 9.17) is 9.47 Å². The Bertz CT molecular complexity index is 546. The van der Waals surface area contributed by atoms with E-state index < -0.39 is 0 Å². The Hall–Kier alpha value is -1.05. The smallest absolute Gasteiger partial charge is 0.250 e. The third kappa shape index (κ3) is 7.47. The number of carbonyl (C=O) groups excluding carboxylic acids is 1. The molecule has 1 aromatic rings. The quantitative estimate of drug-likeness (QED) is 0.736. The van der Waals surface area contributed by atoms with Crippen LogP contribution in [0.1, 0.15) is 18.4 Å². The molecule has 0 aliphatic carbocycles. The van der Waals surface area contributed by atoms with Crippen LogP contribution in [0.3, 0.4) is 0 Å². The summed E-state index contributed by atoms with van der Waals surface area (Å²) in [6.45, 7) is 5.95. The van der Waals surface area contributed by atoms with Gasteiger partial charge in [-0.05, 0) is 49.5 Å². The van der Waals surface area contributed by atoms with Gasteiger partial charge in [0.05, 0.1) is 13.7 Å². The molecule has 2 fully saturated rings. The number of hydrogen-bond donors (Lipinski definition) is 2. The van der Waals surface area contributed by atoms with Crippen LogP contribution in [-0.2, 0) is 16.1 Å². The van der Waals surface area contributed by atoms with Gasteiger partial charge < -0.3 is 20.1 Å². The van der Waals surface area contributed by atoms with E-state index in [0.29, 0.717) is 19.1 Å². The Balaban J connectivity index is 0.00000182. The molecule has 2 aliphatic rings. The molecule has 154 valence electrons. The first kappa shape index (κ1) is 24.0. The second-order valence-electron chi connectivity index (χ2n) is 6.88. The number of carbonyl (C=O) groups is 1. The normalized spacial score (nSPS) is 20.9. The van der Waals surface area contributed by atoms with Crippen LogP contribution in [0.4, 0.5) is 0 Å². The van der Waals surface area contributed by atoms with Gasteiger partial charge in [0.1, 0.15) is 11.9 Å². The van der Waals surface area contributed by atoms with Gasteiger partial charge >= 0.3 is 0 Å². The summed E-state index contributed by atoms with van der Waals surface area (Å²) >= 11 is 0. The van der Waals surface area contributed by atoms with Crippen molar-refractivity contribution in [3.63, 3.8) is 0 Å². The van der Waals surface area contributed by atoms with Gasteiger partial charge in [-0.3, -0.25) is 9.69 Å². The molecule has 3 rings (SSSR count). The first-order valence-electron chi connectivity index (χ1n) is 9.20. The summed E-state index contributed by atoms with van der Waals surface area (Å²) in [5.41, 5.74) is 1.31. The first-order chi connectivity index (χ1) is 12.2. The molecule has 8 heteroatoms. The topological polar surface area (TPSA) is 62.8 Å². The first-order valence-corrected chi connectivity index (χ1v) is 9.20. The van der Waals surface area contributed by atoms with Crippen molar-refractivity contribution in [3.05, 3.63) is 29.8 Å². The van der Waals surface area contributed by atoms with Gasteiger partial charge in [0.2, 0.25) is 5.91 Å². The van der Waals surface area contributed by atoms with Gasteiger partial charge in [0, 0.05) is 26.2 Å². The SMILES string of the molecule is COc1ccc(CN2CCC(CNC(=O)[C@H]3CNCCO3)CC2)cc1.Cl.Cl. The molecule has 2 N–H and O–H groups in total. The fourth-order valence-corrected chi connectivity index (χ4v) is 3.43. The molecular weight excluding hydrogens is 389 g/mol. The molecule has 0 unspecified atom stereocenters. The van der Waals surface area contributed by atoms with Gasteiger partial charge in [-0.25, -0.2) is 0 Å². The fraction of sp³-hybridized carbons (Fsp3) is 0.632. The van der Waals surface area contributed by atoms with Gasteiger partial charge in [-0.1, -0.05) is 12.1 Å². The number of morpholine rings is 1. The largest absolute Gasteiger partial charge is 0.497 e. The molecule has 6 nitrogen and oxygen atoms in total. The lowest BCUT2D eigenvalue weighted by Crippen LogP contribution is -2.49. The summed E-state index contributed by atoms with van der Waals surface area (Å²) in [7, 11) is 1.69.